The van der Waals surface area contributed by atoms with Crippen molar-refractivity contribution >= 4 is 5.97 Å². The molecule has 0 amide bonds. The standard InChI is InChI=1S/C11H14O3/c1-11(2,10(12)13)8-4-6-9(14-3)7-5-8/h4-7H,1-3H3,(H,12,13). The summed E-state index contributed by atoms with van der Waals surface area (Å²) in [6.07, 6.45) is 0. The lowest BCUT2D eigenvalue weighted by Crippen LogP contribution is -2.28. The van der Waals surface area contributed by atoms with Gasteiger partial charge in [-0.2, -0.15) is 0 Å². The van der Waals surface area contributed by atoms with E-state index >= 15 is 0 Å². The van der Waals surface area contributed by atoms with Crippen molar-refractivity contribution in [2.24, 2.45) is 0 Å². The Kier molecular flexibility index (Phi) is 2.79. The number of hydrogen-bond donors (Lipinski definition) is 1. The third-order valence-corrected chi connectivity index (χ3v) is 2.35. The minimum atomic E-state index is -0.855. The topological polar surface area (TPSA) is 46.5 Å². The fraction of sp³-hybridized carbons (Fsp3) is 0.364. The summed E-state index contributed by atoms with van der Waals surface area (Å²) in [4.78, 5) is 10.9. The molecule has 76 valence electrons. The molecule has 0 aliphatic rings. The summed E-state index contributed by atoms with van der Waals surface area (Å²) in [6.45, 7) is 3.36. The summed E-state index contributed by atoms with van der Waals surface area (Å²) >= 11 is 0. The molecule has 0 fully saturated rings. The number of carboxylic acid groups (broad SMARTS) is 1. The van der Waals surface area contributed by atoms with Crippen LogP contribution in [0.2, 0.25) is 0 Å². The third kappa shape index (κ3) is 1.87. The van der Waals surface area contributed by atoms with Gasteiger partial charge in [0.05, 0.1) is 12.5 Å². The lowest BCUT2D eigenvalue weighted by atomic mass is 9.85. The van der Waals surface area contributed by atoms with Gasteiger partial charge in [-0.25, -0.2) is 0 Å². The predicted molar refractivity (Wildman–Crippen MR) is 53.7 cm³/mol. The number of aliphatic carboxylic acids is 1. The Balaban J connectivity index is 3.02. The second kappa shape index (κ2) is 3.70. The predicted octanol–water partition coefficient (Wildman–Crippen LogP) is 2.06. The van der Waals surface area contributed by atoms with Gasteiger partial charge in [0.1, 0.15) is 5.75 Å². The Morgan fingerprint density at radius 2 is 1.79 bits per heavy atom. The van der Waals surface area contributed by atoms with Crippen molar-refractivity contribution in [2.75, 3.05) is 7.11 Å². The number of carbonyl (C=O) groups is 1. The SMILES string of the molecule is COc1ccc(C(C)(C)C(=O)O)cc1. The van der Waals surface area contributed by atoms with Crippen LogP contribution in [0.4, 0.5) is 0 Å². The molecular formula is C11H14O3. The normalized spacial score (nSPS) is 11.1. The van der Waals surface area contributed by atoms with Crippen LogP contribution in [0.1, 0.15) is 19.4 Å². The minimum absolute atomic E-state index is 0.731. The van der Waals surface area contributed by atoms with Crippen LogP contribution in [0.5, 0.6) is 5.75 Å². The molecule has 0 bridgehead atoms. The lowest BCUT2D eigenvalue weighted by Gasteiger charge is -2.19. The Hall–Kier alpha value is -1.51. The van der Waals surface area contributed by atoms with Crippen molar-refractivity contribution in [3.05, 3.63) is 29.8 Å². The first-order valence-electron chi connectivity index (χ1n) is 4.36. The molecule has 1 N–H and O–H groups in total. The maximum absolute atomic E-state index is 10.9. The monoisotopic (exact) mass is 194 g/mol. The molecule has 0 saturated carbocycles. The molecule has 0 spiro atoms. The van der Waals surface area contributed by atoms with Gasteiger partial charge < -0.3 is 9.84 Å². The first kappa shape index (κ1) is 10.6. The Morgan fingerprint density at radius 3 is 2.14 bits per heavy atom. The van der Waals surface area contributed by atoms with E-state index in [2.05, 4.69) is 0 Å². The second-order valence-corrected chi connectivity index (χ2v) is 3.66. The Morgan fingerprint density at radius 1 is 1.29 bits per heavy atom. The van der Waals surface area contributed by atoms with Gasteiger partial charge in [-0.3, -0.25) is 4.79 Å². The second-order valence-electron chi connectivity index (χ2n) is 3.66. The molecule has 1 aromatic carbocycles. The highest BCUT2D eigenvalue weighted by Gasteiger charge is 2.29. The molecule has 3 heteroatoms. The summed E-state index contributed by atoms with van der Waals surface area (Å²) in [7, 11) is 1.58. The largest absolute Gasteiger partial charge is 0.497 e. The maximum atomic E-state index is 10.9. The van der Waals surface area contributed by atoms with E-state index in [1.807, 2.05) is 0 Å². The first-order chi connectivity index (χ1) is 6.48. The van der Waals surface area contributed by atoms with Gasteiger partial charge in [0.25, 0.3) is 0 Å². The highest BCUT2D eigenvalue weighted by Crippen LogP contribution is 2.25. The van der Waals surface area contributed by atoms with Crippen LogP contribution in [0, 0.1) is 0 Å². The van der Waals surface area contributed by atoms with Crippen molar-refractivity contribution in [3.63, 3.8) is 0 Å². The molecule has 3 nitrogen and oxygen atoms in total. The van der Waals surface area contributed by atoms with Crippen LogP contribution in [-0.4, -0.2) is 18.2 Å². The lowest BCUT2D eigenvalue weighted by molar-refractivity contribution is -0.142. The molecule has 0 aliphatic carbocycles. The summed E-state index contributed by atoms with van der Waals surface area (Å²) in [5.41, 5.74) is -0.0856. The van der Waals surface area contributed by atoms with E-state index in [1.54, 1.807) is 45.2 Å². The van der Waals surface area contributed by atoms with Gasteiger partial charge >= 0.3 is 5.97 Å². The maximum Gasteiger partial charge on any atom is 0.313 e. The van der Waals surface area contributed by atoms with Crippen LogP contribution in [0.15, 0.2) is 24.3 Å². The fourth-order valence-corrected chi connectivity index (χ4v) is 1.13. The molecule has 0 aliphatic heterocycles. The average molecular weight is 194 g/mol. The minimum Gasteiger partial charge on any atom is -0.497 e. The summed E-state index contributed by atoms with van der Waals surface area (Å²) < 4.78 is 4.99. The van der Waals surface area contributed by atoms with E-state index in [-0.39, 0.29) is 0 Å². The molecule has 0 unspecified atom stereocenters. The van der Waals surface area contributed by atoms with E-state index in [9.17, 15) is 4.79 Å². The summed E-state index contributed by atoms with van der Waals surface area (Å²) in [6, 6.07) is 7.07. The molecule has 14 heavy (non-hydrogen) atoms. The van der Waals surface area contributed by atoms with Crippen molar-refractivity contribution in [1.29, 1.82) is 0 Å². The zero-order chi connectivity index (χ0) is 10.8. The quantitative estimate of drug-likeness (QED) is 0.801. The molecule has 1 rings (SSSR count). The number of ether oxygens (including phenoxy) is 1. The van der Waals surface area contributed by atoms with Crippen molar-refractivity contribution in [2.45, 2.75) is 19.3 Å². The zero-order valence-electron chi connectivity index (χ0n) is 8.57. The number of hydrogen-bond acceptors (Lipinski definition) is 2. The van der Waals surface area contributed by atoms with Gasteiger partial charge in [-0.1, -0.05) is 12.1 Å². The molecule has 0 atom stereocenters. The molecular weight excluding hydrogens is 180 g/mol. The number of methoxy groups -OCH3 is 1. The van der Waals surface area contributed by atoms with Crippen LogP contribution < -0.4 is 4.74 Å². The third-order valence-electron chi connectivity index (χ3n) is 2.35. The van der Waals surface area contributed by atoms with E-state index in [0.717, 1.165) is 11.3 Å². The molecule has 0 radical (unpaired) electrons. The van der Waals surface area contributed by atoms with Crippen LogP contribution in [-0.2, 0) is 10.2 Å². The fourth-order valence-electron chi connectivity index (χ4n) is 1.13. The first-order valence-corrected chi connectivity index (χ1v) is 4.36. The van der Waals surface area contributed by atoms with Crippen molar-refractivity contribution < 1.29 is 14.6 Å². The molecule has 1 aromatic rings. The van der Waals surface area contributed by atoms with Gasteiger partial charge in [0.15, 0.2) is 0 Å². The van der Waals surface area contributed by atoms with Gasteiger partial charge in [-0.05, 0) is 31.5 Å². The van der Waals surface area contributed by atoms with Crippen LogP contribution >= 0.6 is 0 Å². The van der Waals surface area contributed by atoms with E-state index in [4.69, 9.17) is 9.84 Å². The Labute approximate surface area is 83.3 Å². The van der Waals surface area contributed by atoms with Crippen LogP contribution in [0.3, 0.4) is 0 Å². The number of carboxylic acids is 1. The Bertz CT molecular complexity index is 325. The van der Waals surface area contributed by atoms with E-state index < -0.39 is 11.4 Å². The van der Waals surface area contributed by atoms with Crippen molar-refractivity contribution in [3.8, 4) is 5.75 Å². The van der Waals surface area contributed by atoms with E-state index in [1.165, 1.54) is 0 Å². The molecule has 0 aromatic heterocycles. The summed E-state index contributed by atoms with van der Waals surface area (Å²) in [5.74, 6) is -0.0994. The number of rotatable bonds is 3. The molecule has 0 heterocycles. The van der Waals surface area contributed by atoms with Gasteiger partial charge in [-0.15, -0.1) is 0 Å². The average Bonchev–Trinajstić information content (AvgIpc) is 2.17. The van der Waals surface area contributed by atoms with Crippen molar-refractivity contribution in [1.82, 2.24) is 0 Å². The van der Waals surface area contributed by atoms with Gasteiger partial charge in [0, 0.05) is 0 Å². The summed E-state index contributed by atoms with van der Waals surface area (Å²) in [5, 5.41) is 8.99. The highest BCUT2D eigenvalue weighted by atomic mass is 16.5. The number of benzene rings is 1. The van der Waals surface area contributed by atoms with E-state index in [0.29, 0.717) is 0 Å². The van der Waals surface area contributed by atoms with Gasteiger partial charge in [0.2, 0.25) is 0 Å². The zero-order valence-corrected chi connectivity index (χ0v) is 8.57. The highest BCUT2D eigenvalue weighted by molar-refractivity contribution is 5.80. The smallest absolute Gasteiger partial charge is 0.313 e. The van der Waals surface area contributed by atoms with Crippen LogP contribution in [0.25, 0.3) is 0 Å². The molecule has 0 saturated heterocycles.